The summed E-state index contributed by atoms with van der Waals surface area (Å²) in [7, 11) is 4.07. The van der Waals surface area contributed by atoms with E-state index in [-0.39, 0.29) is 5.56 Å². The Morgan fingerprint density at radius 2 is 2.00 bits per heavy atom. The molecule has 0 amide bonds. The molecule has 0 aliphatic heterocycles. The van der Waals surface area contributed by atoms with Gasteiger partial charge in [0.05, 0.1) is 12.2 Å². The van der Waals surface area contributed by atoms with Gasteiger partial charge in [0.1, 0.15) is 0 Å². The topological polar surface area (TPSA) is 75.5 Å². The molecular formula is C17H21N3O3. The fourth-order valence-corrected chi connectivity index (χ4v) is 2.04. The summed E-state index contributed by atoms with van der Waals surface area (Å²) in [5, 5.41) is 9.01. The van der Waals surface area contributed by atoms with Crippen LogP contribution in [0.4, 0.5) is 0 Å². The smallest absolute Gasteiger partial charge is 0.335 e. The fraction of sp³-hybridized carbons (Fsp3) is 0.353. The van der Waals surface area contributed by atoms with Crippen LogP contribution in [0.1, 0.15) is 22.3 Å². The number of hydrogen-bond donors (Lipinski definition) is 1. The van der Waals surface area contributed by atoms with Crippen LogP contribution in [0.15, 0.2) is 36.7 Å². The third-order valence-corrected chi connectivity index (χ3v) is 3.24. The van der Waals surface area contributed by atoms with Crippen molar-refractivity contribution < 1.29 is 14.6 Å². The molecule has 0 bridgehead atoms. The number of nitrogens with zero attached hydrogens (tertiary/aromatic N) is 3. The normalized spacial score (nSPS) is 10.9. The highest BCUT2D eigenvalue weighted by atomic mass is 16.5. The molecule has 1 heterocycles. The molecule has 23 heavy (non-hydrogen) atoms. The number of aromatic carboxylic acids is 1. The number of ether oxygens (including phenoxy) is 1. The highest BCUT2D eigenvalue weighted by Crippen LogP contribution is 2.16. The van der Waals surface area contributed by atoms with Crippen molar-refractivity contribution in [3.05, 3.63) is 47.8 Å². The second kappa shape index (κ2) is 8.36. The van der Waals surface area contributed by atoms with Gasteiger partial charge in [-0.3, -0.25) is 0 Å². The second-order valence-corrected chi connectivity index (χ2v) is 5.51. The molecule has 2 aromatic rings. The van der Waals surface area contributed by atoms with E-state index in [0.29, 0.717) is 24.6 Å². The molecule has 0 unspecified atom stereocenters. The number of benzene rings is 1. The van der Waals surface area contributed by atoms with Gasteiger partial charge in [-0.25, -0.2) is 14.8 Å². The first-order valence-corrected chi connectivity index (χ1v) is 7.43. The van der Waals surface area contributed by atoms with E-state index in [1.54, 1.807) is 36.7 Å². The van der Waals surface area contributed by atoms with Crippen LogP contribution in [0.2, 0.25) is 0 Å². The molecule has 2 rings (SSSR count). The van der Waals surface area contributed by atoms with Gasteiger partial charge in [-0.05, 0) is 39.2 Å². The van der Waals surface area contributed by atoms with Crippen molar-refractivity contribution in [2.24, 2.45) is 0 Å². The first-order chi connectivity index (χ1) is 11.1. The summed E-state index contributed by atoms with van der Waals surface area (Å²) in [6, 6.07) is 6.58. The second-order valence-electron chi connectivity index (χ2n) is 5.51. The molecule has 1 aromatic heterocycles. The minimum Gasteiger partial charge on any atom is -0.478 e. The van der Waals surface area contributed by atoms with Crippen molar-refractivity contribution in [3.63, 3.8) is 0 Å². The molecule has 6 heteroatoms. The summed E-state index contributed by atoms with van der Waals surface area (Å²) in [4.78, 5) is 21.7. The monoisotopic (exact) mass is 315 g/mol. The molecule has 0 saturated carbocycles. The van der Waals surface area contributed by atoms with Gasteiger partial charge in [0, 0.05) is 30.1 Å². The zero-order valence-corrected chi connectivity index (χ0v) is 13.4. The number of carboxylic acids is 1. The van der Waals surface area contributed by atoms with E-state index < -0.39 is 5.97 Å². The molecule has 0 spiro atoms. The molecule has 0 fully saturated rings. The van der Waals surface area contributed by atoms with Crippen LogP contribution in [-0.4, -0.2) is 53.2 Å². The van der Waals surface area contributed by atoms with Crippen LogP contribution in [0.3, 0.4) is 0 Å². The van der Waals surface area contributed by atoms with Crippen molar-refractivity contribution in [1.82, 2.24) is 14.9 Å². The molecule has 0 aliphatic rings. The Labute approximate surface area is 135 Å². The van der Waals surface area contributed by atoms with E-state index in [2.05, 4.69) is 14.9 Å². The Morgan fingerprint density at radius 1 is 1.26 bits per heavy atom. The standard InChI is InChI=1S/C17H21N3O3/c1-20(2)7-4-8-23-12-13-10-18-16(19-11-13)14-5-3-6-15(9-14)17(21)22/h3,5-6,9-11H,4,7-8,12H2,1-2H3,(H,21,22). The Morgan fingerprint density at radius 3 is 2.65 bits per heavy atom. The fourth-order valence-electron chi connectivity index (χ4n) is 2.04. The molecule has 0 saturated heterocycles. The van der Waals surface area contributed by atoms with Crippen LogP contribution < -0.4 is 0 Å². The van der Waals surface area contributed by atoms with Crippen LogP contribution >= 0.6 is 0 Å². The van der Waals surface area contributed by atoms with Crippen molar-refractivity contribution in [2.45, 2.75) is 13.0 Å². The van der Waals surface area contributed by atoms with Gasteiger partial charge in [0.15, 0.2) is 5.82 Å². The molecular weight excluding hydrogens is 294 g/mol. The van der Waals surface area contributed by atoms with Gasteiger partial charge >= 0.3 is 5.97 Å². The van der Waals surface area contributed by atoms with Gasteiger partial charge in [-0.2, -0.15) is 0 Å². The number of rotatable bonds is 8. The third kappa shape index (κ3) is 5.43. The maximum atomic E-state index is 11.0. The van der Waals surface area contributed by atoms with Gasteiger partial charge in [-0.1, -0.05) is 12.1 Å². The van der Waals surface area contributed by atoms with Crippen LogP contribution in [0.5, 0.6) is 0 Å². The number of carbonyl (C=O) groups is 1. The first kappa shape index (κ1) is 17.1. The summed E-state index contributed by atoms with van der Waals surface area (Å²) in [6.07, 6.45) is 4.40. The number of aromatic nitrogens is 2. The lowest BCUT2D eigenvalue weighted by molar-refractivity contribution is 0.0697. The highest BCUT2D eigenvalue weighted by molar-refractivity contribution is 5.89. The van der Waals surface area contributed by atoms with Crippen molar-refractivity contribution in [3.8, 4) is 11.4 Å². The minimum atomic E-state index is -0.963. The molecule has 0 atom stereocenters. The van der Waals surface area contributed by atoms with E-state index in [0.717, 1.165) is 18.5 Å². The molecule has 122 valence electrons. The third-order valence-electron chi connectivity index (χ3n) is 3.24. The summed E-state index contributed by atoms with van der Waals surface area (Å²) >= 11 is 0. The minimum absolute atomic E-state index is 0.222. The first-order valence-electron chi connectivity index (χ1n) is 7.43. The van der Waals surface area contributed by atoms with Gasteiger partial charge < -0.3 is 14.7 Å². The molecule has 0 aliphatic carbocycles. The quantitative estimate of drug-likeness (QED) is 0.753. The van der Waals surface area contributed by atoms with Crippen molar-refractivity contribution >= 4 is 5.97 Å². The Balaban J connectivity index is 1.92. The number of carboxylic acid groups (broad SMARTS) is 1. The Kier molecular flexibility index (Phi) is 6.19. The zero-order chi connectivity index (χ0) is 16.7. The maximum absolute atomic E-state index is 11.0. The predicted octanol–water partition coefficient (Wildman–Crippen LogP) is 2.31. The lowest BCUT2D eigenvalue weighted by Gasteiger charge is -2.09. The van der Waals surface area contributed by atoms with Gasteiger partial charge in [-0.15, -0.1) is 0 Å². The summed E-state index contributed by atoms with van der Waals surface area (Å²) in [5.74, 6) is -0.459. The van der Waals surface area contributed by atoms with E-state index in [1.165, 1.54) is 0 Å². The van der Waals surface area contributed by atoms with Crippen molar-refractivity contribution in [1.29, 1.82) is 0 Å². The Bertz CT molecular complexity index is 642. The summed E-state index contributed by atoms with van der Waals surface area (Å²) in [6.45, 7) is 2.17. The van der Waals surface area contributed by atoms with E-state index in [9.17, 15) is 4.79 Å². The van der Waals surface area contributed by atoms with Crippen LogP contribution in [0.25, 0.3) is 11.4 Å². The van der Waals surface area contributed by atoms with E-state index >= 15 is 0 Å². The highest BCUT2D eigenvalue weighted by Gasteiger charge is 2.07. The Hall–Kier alpha value is -2.31. The van der Waals surface area contributed by atoms with Gasteiger partial charge in [0.25, 0.3) is 0 Å². The molecule has 0 radical (unpaired) electrons. The largest absolute Gasteiger partial charge is 0.478 e. The van der Waals surface area contributed by atoms with E-state index in [4.69, 9.17) is 9.84 Å². The van der Waals surface area contributed by atoms with Crippen molar-refractivity contribution in [2.75, 3.05) is 27.2 Å². The zero-order valence-electron chi connectivity index (χ0n) is 13.4. The van der Waals surface area contributed by atoms with Crippen LogP contribution in [0, 0.1) is 0 Å². The average molecular weight is 315 g/mol. The summed E-state index contributed by atoms with van der Waals surface area (Å²) < 4.78 is 5.58. The maximum Gasteiger partial charge on any atom is 0.335 e. The van der Waals surface area contributed by atoms with Crippen LogP contribution in [-0.2, 0) is 11.3 Å². The lowest BCUT2D eigenvalue weighted by atomic mass is 10.1. The summed E-state index contributed by atoms with van der Waals surface area (Å²) in [5.41, 5.74) is 1.80. The number of hydrogen-bond acceptors (Lipinski definition) is 5. The molecule has 1 aromatic carbocycles. The van der Waals surface area contributed by atoms with Gasteiger partial charge in [0.2, 0.25) is 0 Å². The van der Waals surface area contributed by atoms with E-state index in [1.807, 2.05) is 14.1 Å². The molecule has 1 N–H and O–H groups in total. The SMILES string of the molecule is CN(C)CCCOCc1cnc(-c2cccc(C(=O)O)c2)nc1. The molecule has 6 nitrogen and oxygen atoms in total. The average Bonchev–Trinajstić information content (AvgIpc) is 2.55. The predicted molar refractivity (Wildman–Crippen MR) is 87.3 cm³/mol. The lowest BCUT2D eigenvalue weighted by Crippen LogP contribution is -2.14.